The molecule has 6 heteroatoms. The van der Waals surface area contributed by atoms with Gasteiger partial charge in [-0.05, 0) is 29.3 Å². The fourth-order valence-electron chi connectivity index (χ4n) is 2.42. The van der Waals surface area contributed by atoms with Gasteiger partial charge in [-0.3, -0.25) is 4.79 Å². The third-order valence-electron chi connectivity index (χ3n) is 3.60. The second kappa shape index (κ2) is 7.94. The van der Waals surface area contributed by atoms with Crippen molar-refractivity contribution in [1.29, 1.82) is 0 Å². The number of methoxy groups -OCH3 is 1. The highest BCUT2D eigenvalue weighted by molar-refractivity contribution is 8.19. The summed E-state index contributed by atoms with van der Waals surface area (Å²) < 4.78 is 24.7. The molecule has 0 aliphatic carbocycles. The molecule has 0 amide bonds. The summed E-state index contributed by atoms with van der Waals surface area (Å²) in [4.78, 5) is 12.1. The van der Waals surface area contributed by atoms with Crippen LogP contribution in [-0.4, -0.2) is 24.6 Å². The van der Waals surface area contributed by atoms with Crippen molar-refractivity contribution < 1.29 is 18.7 Å². The van der Waals surface area contributed by atoms with Crippen LogP contribution in [0.15, 0.2) is 42.5 Å². The summed E-state index contributed by atoms with van der Waals surface area (Å²) in [7, 11) is 1.54. The SMILES string of the molecule is COc1cc(C2SCCS2)ccc1OC(=O)Cc1ccccc1F. The molecule has 1 fully saturated rings. The topological polar surface area (TPSA) is 35.5 Å². The van der Waals surface area contributed by atoms with Crippen LogP contribution in [0.25, 0.3) is 0 Å². The monoisotopic (exact) mass is 364 g/mol. The Morgan fingerprint density at radius 2 is 1.92 bits per heavy atom. The number of hydrogen-bond acceptors (Lipinski definition) is 5. The number of thioether (sulfide) groups is 2. The molecular formula is C18H17FO3S2. The number of esters is 1. The molecule has 0 unspecified atom stereocenters. The maximum absolute atomic E-state index is 13.6. The van der Waals surface area contributed by atoms with Crippen LogP contribution < -0.4 is 9.47 Å². The predicted octanol–water partition coefficient (Wildman–Crippen LogP) is 4.46. The Morgan fingerprint density at radius 1 is 1.17 bits per heavy atom. The molecule has 0 atom stereocenters. The maximum Gasteiger partial charge on any atom is 0.315 e. The van der Waals surface area contributed by atoms with E-state index in [4.69, 9.17) is 9.47 Å². The molecule has 0 radical (unpaired) electrons. The summed E-state index contributed by atoms with van der Waals surface area (Å²) in [5.41, 5.74) is 1.46. The third kappa shape index (κ3) is 4.05. The number of carbonyl (C=O) groups excluding carboxylic acids is 1. The van der Waals surface area contributed by atoms with Crippen LogP contribution in [0.3, 0.4) is 0 Å². The zero-order chi connectivity index (χ0) is 16.9. The average Bonchev–Trinajstić information content (AvgIpc) is 3.12. The largest absolute Gasteiger partial charge is 0.493 e. The van der Waals surface area contributed by atoms with Gasteiger partial charge in [0.05, 0.1) is 18.1 Å². The third-order valence-corrected chi connectivity index (χ3v) is 6.70. The first kappa shape index (κ1) is 17.2. The lowest BCUT2D eigenvalue weighted by Crippen LogP contribution is -2.13. The summed E-state index contributed by atoms with van der Waals surface area (Å²) in [6.45, 7) is 0. The van der Waals surface area contributed by atoms with Gasteiger partial charge in [0.2, 0.25) is 0 Å². The predicted molar refractivity (Wildman–Crippen MR) is 96.4 cm³/mol. The van der Waals surface area contributed by atoms with Crippen LogP contribution in [0.5, 0.6) is 11.5 Å². The molecule has 1 heterocycles. The van der Waals surface area contributed by atoms with Gasteiger partial charge in [0, 0.05) is 11.5 Å². The smallest absolute Gasteiger partial charge is 0.315 e. The van der Waals surface area contributed by atoms with Crippen LogP contribution in [0.2, 0.25) is 0 Å². The summed E-state index contributed by atoms with van der Waals surface area (Å²) in [6.07, 6.45) is -0.119. The molecule has 1 saturated heterocycles. The second-order valence-corrected chi connectivity index (χ2v) is 7.95. The maximum atomic E-state index is 13.6. The Balaban J connectivity index is 1.72. The number of hydrogen-bond donors (Lipinski definition) is 0. The molecule has 0 spiro atoms. The Morgan fingerprint density at radius 3 is 2.62 bits per heavy atom. The van der Waals surface area contributed by atoms with Gasteiger partial charge in [0.25, 0.3) is 0 Å². The zero-order valence-corrected chi connectivity index (χ0v) is 14.8. The first-order valence-electron chi connectivity index (χ1n) is 7.52. The molecule has 3 nitrogen and oxygen atoms in total. The minimum absolute atomic E-state index is 0.119. The highest BCUT2D eigenvalue weighted by atomic mass is 32.2. The van der Waals surface area contributed by atoms with Gasteiger partial charge < -0.3 is 9.47 Å². The van der Waals surface area contributed by atoms with Crippen LogP contribution in [0.1, 0.15) is 15.7 Å². The van der Waals surface area contributed by atoms with Gasteiger partial charge in [0.15, 0.2) is 11.5 Å². The first-order valence-corrected chi connectivity index (χ1v) is 9.62. The molecule has 0 aromatic heterocycles. The molecule has 3 rings (SSSR count). The highest BCUT2D eigenvalue weighted by Crippen LogP contribution is 2.46. The van der Waals surface area contributed by atoms with Crippen molar-refractivity contribution in [1.82, 2.24) is 0 Å². The van der Waals surface area contributed by atoms with E-state index in [1.54, 1.807) is 31.4 Å². The average molecular weight is 364 g/mol. The summed E-state index contributed by atoms with van der Waals surface area (Å²) in [5.74, 6) is 2.22. The van der Waals surface area contributed by atoms with Gasteiger partial charge in [-0.15, -0.1) is 23.5 Å². The molecule has 126 valence electrons. The molecule has 2 aromatic carbocycles. The minimum atomic E-state index is -0.518. The van der Waals surface area contributed by atoms with E-state index in [1.807, 2.05) is 35.7 Å². The van der Waals surface area contributed by atoms with Crippen molar-refractivity contribution in [3.05, 3.63) is 59.4 Å². The quantitative estimate of drug-likeness (QED) is 0.578. The van der Waals surface area contributed by atoms with E-state index >= 15 is 0 Å². The van der Waals surface area contributed by atoms with Crippen molar-refractivity contribution in [2.45, 2.75) is 11.0 Å². The van der Waals surface area contributed by atoms with Gasteiger partial charge in [-0.1, -0.05) is 24.3 Å². The van der Waals surface area contributed by atoms with Crippen LogP contribution in [0, 0.1) is 5.82 Å². The lowest BCUT2D eigenvalue weighted by molar-refractivity contribution is -0.133. The van der Waals surface area contributed by atoms with Gasteiger partial charge in [-0.25, -0.2) is 4.39 Å². The molecule has 0 bridgehead atoms. The van der Waals surface area contributed by atoms with Crippen molar-refractivity contribution in [2.75, 3.05) is 18.6 Å². The second-order valence-electron chi connectivity index (χ2n) is 5.23. The minimum Gasteiger partial charge on any atom is -0.493 e. The standard InChI is InChI=1S/C18H17FO3S2/c1-21-16-10-13(18-23-8-9-24-18)6-7-15(16)22-17(20)11-12-4-2-3-5-14(12)19/h2-7,10,18H,8-9,11H2,1H3. The van der Waals surface area contributed by atoms with E-state index in [9.17, 15) is 9.18 Å². The highest BCUT2D eigenvalue weighted by Gasteiger charge is 2.20. The van der Waals surface area contributed by atoms with Gasteiger partial charge in [-0.2, -0.15) is 0 Å². The van der Waals surface area contributed by atoms with Crippen LogP contribution in [0.4, 0.5) is 4.39 Å². The van der Waals surface area contributed by atoms with Crippen molar-refractivity contribution in [3.8, 4) is 11.5 Å². The number of benzene rings is 2. The van der Waals surface area contributed by atoms with Gasteiger partial charge in [0.1, 0.15) is 5.82 Å². The van der Waals surface area contributed by atoms with Crippen LogP contribution >= 0.6 is 23.5 Å². The van der Waals surface area contributed by atoms with Crippen molar-refractivity contribution >= 4 is 29.5 Å². The summed E-state index contributed by atoms with van der Waals surface area (Å²) >= 11 is 3.79. The Kier molecular flexibility index (Phi) is 5.68. The molecule has 0 saturated carbocycles. The van der Waals surface area contributed by atoms with E-state index in [1.165, 1.54) is 6.07 Å². The summed E-state index contributed by atoms with van der Waals surface area (Å²) in [5, 5.41) is 0. The molecule has 1 aliphatic rings. The molecular weight excluding hydrogens is 347 g/mol. The lowest BCUT2D eigenvalue weighted by Gasteiger charge is -2.13. The number of halogens is 1. The van der Waals surface area contributed by atoms with Crippen molar-refractivity contribution in [3.63, 3.8) is 0 Å². The first-order chi connectivity index (χ1) is 11.7. The zero-order valence-electron chi connectivity index (χ0n) is 13.2. The number of carbonyl (C=O) groups is 1. The molecule has 1 aliphatic heterocycles. The Bertz CT molecular complexity index is 730. The number of rotatable bonds is 5. The fraction of sp³-hybridized carbons (Fsp3) is 0.278. The molecule has 24 heavy (non-hydrogen) atoms. The van der Waals surface area contributed by atoms with E-state index < -0.39 is 11.8 Å². The fourth-order valence-corrected chi connectivity index (χ4v) is 5.26. The van der Waals surface area contributed by atoms with Crippen LogP contribution in [-0.2, 0) is 11.2 Å². The van der Waals surface area contributed by atoms with E-state index in [0.717, 1.165) is 17.1 Å². The lowest BCUT2D eigenvalue weighted by atomic mass is 10.1. The molecule has 0 N–H and O–H groups in total. The Labute approximate surface area is 148 Å². The van der Waals surface area contributed by atoms with E-state index in [-0.39, 0.29) is 6.42 Å². The van der Waals surface area contributed by atoms with E-state index in [2.05, 4.69) is 0 Å². The normalized spacial score (nSPS) is 14.6. The van der Waals surface area contributed by atoms with Gasteiger partial charge >= 0.3 is 5.97 Å². The summed E-state index contributed by atoms with van der Waals surface area (Å²) in [6, 6.07) is 11.8. The van der Waals surface area contributed by atoms with Crippen molar-refractivity contribution in [2.24, 2.45) is 0 Å². The Hall–Kier alpha value is -1.66. The molecule has 2 aromatic rings. The number of ether oxygens (including phenoxy) is 2. The van der Waals surface area contributed by atoms with E-state index in [0.29, 0.717) is 21.6 Å².